The van der Waals surface area contributed by atoms with Crippen molar-refractivity contribution >= 4 is 22.7 Å². The van der Waals surface area contributed by atoms with Crippen LogP contribution in [-0.2, 0) is 19.8 Å². The molecule has 0 radical (unpaired) electrons. The number of imidazole rings is 1. The van der Waals surface area contributed by atoms with Gasteiger partial charge in [-0.2, -0.15) is 18.2 Å². The maximum Gasteiger partial charge on any atom is 0.434 e. The molecule has 150 valence electrons. The second-order valence-electron chi connectivity index (χ2n) is 6.41. The lowest BCUT2D eigenvalue weighted by atomic mass is 10.1. The van der Waals surface area contributed by atoms with Crippen molar-refractivity contribution in [3.63, 3.8) is 0 Å². The van der Waals surface area contributed by atoms with Crippen LogP contribution >= 0.6 is 11.6 Å². The van der Waals surface area contributed by atoms with Gasteiger partial charge in [0.1, 0.15) is 23.7 Å². The molecule has 0 saturated carbocycles. The lowest BCUT2D eigenvalue weighted by Crippen LogP contribution is -2.04. The number of aryl methyl sites for hydroxylation is 2. The molecule has 6 nitrogen and oxygen atoms in total. The number of nitrogens with zero attached hydrogens (tertiary/aromatic N) is 4. The number of halogens is 4. The topological polar surface area (TPSA) is 66.0 Å². The molecule has 0 aliphatic rings. The van der Waals surface area contributed by atoms with Gasteiger partial charge in [0, 0.05) is 24.9 Å². The molecule has 0 atom stereocenters. The summed E-state index contributed by atoms with van der Waals surface area (Å²) < 4.78 is 51.1. The standard InChI is InChI=1S/C19H14ClF3N4O2/c1-10-7-13-15(29-10)17(26-18(20)24-13)28-9-11-3-5-12(6-4-11)16-25-14(8-27(16)2)19(21,22)23/h3-8H,9H2,1-2H3. The van der Waals surface area contributed by atoms with Gasteiger partial charge in [0.25, 0.3) is 5.88 Å². The molecule has 0 saturated heterocycles. The normalized spacial score (nSPS) is 11.9. The third-order valence-electron chi connectivity index (χ3n) is 4.19. The second kappa shape index (κ2) is 7.07. The van der Waals surface area contributed by atoms with Crippen LogP contribution in [0.25, 0.3) is 22.5 Å². The molecule has 0 bridgehead atoms. The van der Waals surface area contributed by atoms with E-state index in [-0.39, 0.29) is 23.6 Å². The van der Waals surface area contributed by atoms with Gasteiger partial charge in [-0.1, -0.05) is 24.3 Å². The minimum atomic E-state index is -4.49. The predicted molar refractivity (Wildman–Crippen MR) is 99.5 cm³/mol. The van der Waals surface area contributed by atoms with Crippen molar-refractivity contribution in [2.24, 2.45) is 7.05 Å². The largest absolute Gasteiger partial charge is 0.470 e. The number of ether oxygens (including phenoxy) is 1. The van der Waals surface area contributed by atoms with Crippen LogP contribution in [0.4, 0.5) is 13.2 Å². The summed E-state index contributed by atoms with van der Waals surface area (Å²) in [6, 6.07) is 8.57. The first-order valence-corrected chi connectivity index (χ1v) is 8.85. The van der Waals surface area contributed by atoms with Crippen molar-refractivity contribution in [1.82, 2.24) is 19.5 Å². The molecule has 0 fully saturated rings. The van der Waals surface area contributed by atoms with Gasteiger partial charge in [-0.3, -0.25) is 0 Å². The summed E-state index contributed by atoms with van der Waals surface area (Å²) in [6.45, 7) is 1.94. The zero-order chi connectivity index (χ0) is 20.8. The monoisotopic (exact) mass is 422 g/mol. The van der Waals surface area contributed by atoms with E-state index >= 15 is 0 Å². The number of alkyl halides is 3. The molecule has 0 unspecified atom stereocenters. The molecule has 3 aromatic heterocycles. The van der Waals surface area contributed by atoms with E-state index in [0.29, 0.717) is 22.4 Å². The molecule has 0 N–H and O–H groups in total. The van der Waals surface area contributed by atoms with Crippen LogP contribution in [0.2, 0.25) is 5.28 Å². The van der Waals surface area contributed by atoms with Crippen LogP contribution in [0.3, 0.4) is 0 Å². The lowest BCUT2D eigenvalue weighted by molar-refractivity contribution is -0.140. The fraction of sp³-hybridized carbons (Fsp3) is 0.211. The molecule has 29 heavy (non-hydrogen) atoms. The number of aromatic nitrogens is 4. The summed E-state index contributed by atoms with van der Waals surface area (Å²) in [6.07, 6.45) is -3.53. The van der Waals surface area contributed by atoms with Crippen LogP contribution in [0.1, 0.15) is 17.0 Å². The van der Waals surface area contributed by atoms with E-state index in [0.717, 1.165) is 11.8 Å². The molecule has 3 heterocycles. The van der Waals surface area contributed by atoms with Crippen LogP contribution in [-0.4, -0.2) is 19.5 Å². The summed E-state index contributed by atoms with van der Waals surface area (Å²) in [4.78, 5) is 11.8. The van der Waals surface area contributed by atoms with Gasteiger partial charge in [-0.25, -0.2) is 9.97 Å². The zero-order valence-electron chi connectivity index (χ0n) is 15.3. The first-order valence-electron chi connectivity index (χ1n) is 8.47. The van der Waals surface area contributed by atoms with Crippen LogP contribution < -0.4 is 4.74 Å². The highest BCUT2D eigenvalue weighted by molar-refractivity contribution is 6.28. The average Bonchev–Trinajstić information content (AvgIpc) is 3.22. The molecule has 4 aromatic rings. The van der Waals surface area contributed by atoms with E-state index in [1.807, 2.05) is 0 Å². The first kappa shape index (κ1) is 19.3. The predicted octanol–water partition coefficient (Wildman–Crippen LogP) is 5.18. The summed E-state index contributed by atoms with van der Waals surface area (Å²) in [5, 5.41) is 0.0406. The summed E-state index contributed by atoms with van der Waals surface area (Å²) in [5.74, 6) is 1.09. The Bertz CT molecular complexity index is 1180. The number of fused-ring (bicyclic) bond motifs is 1. The van der Waals surface area contributed by atoms with Gasteiger partial charge in [-0.15, -0.1) is 0 Å². The Labute approximate surface area is 167 Å². The van der Waals surface area contributed by atoms with Crippen molar-refractivity contribution in [3.05, 3.63) is 58.8 Å². The van der Waals surface area contributed by atoms with E-state index < -0.39 is 11.9 Å². The number of hydrogen-bond donors (Lipinski definition) is 0. The fourth-order valence-corrected chi connectivity index (χ4v) is 3.03. The minimum absolute atomic E-state index is 0.0406. The molecule has 0 amide bonds. The number of hydrogen-bond acceptors (Lipinski definition) is 5. The Balaban J connectivity index is 1.53. The van der Waals surface area contributed by atoms with Crippen molar-refractivity contribution in [2.75, 3.05) is 0 Å². The molecule has 0 spiro atoms. The Kier molecular flexibility index (Phi) is 4.70. The molecule has 0 aliphatic heterocycles. The van der Waals surface area contributed by atoms with Crippen molar-refractivity contribution in [3.8, 4) is 17.3 Å². The quantitative estimate of drug-likeness (QED) is 0.424. The maximum absolute atomic E-state index is 12.8. The maximum atomic E-state index is 12.8. The molecule has 4 rings (SSSR count). The third kappa shape index (κ3) is 3.91. The van der Waals surface area contributed by atoms with Gasteiger partial charge in [-0.05, 0) is 24.1 Å². The summed E-state index contributed by atoms with van der Waals surface area (Å²) in [7, 11) is 1.52. The van der Waals surface area contributed by atoms with Gasteiger partial charge in [0.2, 0.25) is 10.9 Å². The lowest BCUT2D eigenvalue weighted by Gasteiger charge is -2.07. The Morgan fingerprint density at radius 3 is 2.52 bits per heavy atom. The smallest absolute Gasteiger partial charge is 0.434 e. The summed E-state index contributed by atoms with van der Waals surface area (Å²) >= 11 is 5.92. The van der Waals surface area contributed by atoms with Crippen LogP contribution in [0, 0.1) is 6.92 Å². The van der Waals surface area contributed by atoms with E-state index in [2.05, 4.69) is 15.0 Å². The minimum Gasteiger partial charge on any atom is -0.470 e. The van der Waals surface area contributed by atoms with Crippen molar-refractivity contribution in [1.29, 1.82) is 0 Å². The molecule has 0 aliphatic carbocycles. The van der Waals surface area contributed by atoms with E-state index in [4.69, 9.17) is 20.8 Å². The van der Waals surface area contributed by atoms with Gasteiger partial charge >= 0.3 is 6.18 Å². The summed E-state index contributed by atoms with van der Waals surface area (Å²) in [5.41, 5.74) is 1.35. The van der Waals surface area contributed by atoms with Crippen molar-refractivity contribution in [2.45, 2.75) is 19.7 Å². The number of rotatable bonds is 4. The Hall–Kier alpha value is -3.07. The van der Waals surface area contributed by atoms with E-state index in [1.54, 1.807) is 37.3 Å². The highest BCUT2D eigenvalue weighted by Gasteiger charge is 2.34. The molecular weight excluding hydrogens is 409 g/mol. The van der Waals surface area contributed by atoms with Crippen molar-refractivity contribution < 1.29 is 22.3 Å². The van der Waals surface area contributed by atoms with Gasteiger partial charge in [0.05, 0.1) is 0 Å². The van der Waals surface area contributed by atoms with Crippen LogP contribution in [0.15, 0.2) is 40.9 Å². The SMILES string of the molecule is Cc1cc2nc(Cl)nc(OCc3ccc(-c4nc(C(F)(F)F)cn4C)cc3)c2o1. The van der Waals surface area contributed by atoms with Gasteiger partial charge < -0.3 is 13.7 Å². The highest BCUT2D eigenvalue weighted by Crippen LogP contribution is 2.31. The first-order chi connectivity index (χ1) is 13.7. The second-order valence-corrected chi connectivity index (χ2v) is 6.75. The molecule has 1 aromatic carbocycles. The van der Waals surface area contributed by atoms with Gasteiger partial charge in [0.15, 0.2) is 5.69 Å². The molecule has 10 heteroatoms. The molecular formula is C19H14ClF3N4O2. The number of benzene rings is 1. The zero-order valence-corrected chi connectivity index (χ0v) is 16.0. The Morgan fingerprint density at radius 2 is 1.86 bits per heavy atom. The average molecular weight is 423 g/mol. The number of furan rings is 1. The van der Waals surface area contributed by atoms with Crippen LogP contribution in [0.5, 0.6) is 5.88 Å². The van der Waals surface area contributed by atoms with E-state index in [9.17, 15) is 13.2 Å². The Morgan fingerprint density at radius 1 is 1.14 bits per heavy atom. The highest BCUT2D eigenvalue weighted by atomic mass is 35.5. The fourth-order valence-electron chi connectivity index (χ4n) is 2.87. The third-order valence-corrected chi connectivity index (χ3v) is 4.36. The van der Waals surface area contributed by atoms with E-state index in [1.165, 1.54) is 11.6 Å².